The molecule has 0 atom stereocenters. The van der Waals surface area contributed by atoms with Gasteiger partial charge in [-0.25, -0.2) is 9.37 Å². The zero-order chi connectivity index (χ0) is 16.2. The normalized spacial score (nSPS) is 10.7. The number of carbonyl (C=O) groups excluding carboxylic acids is 2. The molecule has 0 aliphatic heterocycles. The molecule has 2 aromatic heterocycles. The summed E-state index contributed by atoms with van der Waals surface area (Å²) in [5, 5.41) is 5.92. The zero-order valence-corrected chi connectivity index (χ0v) is 12.0. The smallest absolute Gasteiger partial charge is 0.265 e. The lowest BCUT2D eigenvalue weighted by atomic mass is 10.0. The molecule has 3 aromatic rings. The molecule has 23 heavy (non-hydrogen) atoms. The minimum atomic E-state index is -0.728. The van der Waals surface area contributed by atoms with Crippen molar-refractivity contribution in [2.75, 3.05) is 0 Å². The van der Waals surface area contributed by atoms with Crippen molar-refractivity contribution in [1.29, 1.82) is 0 Å². The molecule has 7 heteroatoms. The third kappa shape index (κ3) is 3.23. The Labute approximate surface area is 130 Å². The molecule has 1 aromatic carbocycles. The molecule has 0 aliphatic carbocycles. The number of nitrogens with zero attached hydrogens (tertiary/aromatic N) is 2. The summed E-state index contributed by atoms with van der Waals surface area (Å²) < 4.78 is 13.7. The first-order chi connectivity index (χ1) is 11.1. The monoisotopic (exact) mass is 312 g/mol. The number of carbonyl (C=O) groups is 2. The summed E-state index contributed by atoms with van der Waals surface area (Å²) >= 11 is 0. The Morgan fingerprint density at radius 3 is 2.70 bits per heavy atom. The van der Waals surface area contributed by atoms with E-state index in [9.17, 15) is 14.0 Å². The standard InChI is InChI=1S/C16H13FN4O2/c17-12-4-2-1-3-10(12)7-11-5-6-18-13(11)8-14(22)15(23)16-19-9-20-21-16/h1-6,9,18H,7-8H2,(H,19,20,21). The number of aromatic amines is 2. The number of benzene rings is 1. The molecule has 0 radical (unpaired) electrons. The lowest BCUT2D eigenvalue weighted by Crippen LogP contribution is -2.19. The number of rotatable bonds is 6. The highest BCUT2D eigenvalue weighted by molar-refractivity contribution is 6.43. The van der Waals surface area contributed by atoms with E-state index in [0.29, 0.717) is 17.7 Å². The minimum Gasteiger partial charge on any atom is -0.364 e. The van der Waals surface area contributed by atoms with Crippen LogP contribution in [0.1, 0.15) is 27.4 Å². The van der Waals surface area contributed by atoms with Crippen LogP contribution in [0.4, 0.5) is 4.39 Å². The number of halogens is 1. The fourth-order valence-electron chi connectivity index (χ4n) is 2.30. The van der Waals surface area contributed by atoms with E-state index in [4.69, 9.17) is 0 Å². The summed E-state index contributed by atoms with van der Waals surface area (Å²) in [6, 6.07) is 8.22. The lowest BCUT2D eigenvalue weighted by Gasteiger charge is -2.05. The highest BCUT2D eigenvalue weighted by Crippen LogP contribution is 2.17. The van der Waals surface area contributed by atoms with Gasteiger partial charge in [0, 0.05) is 18.3 Å². The topological polar surface area (TPSA) is 91.5 Å². The van der Waals surface area contributed by atoms with E-state index >= 15 is 0 Å². The van der Waals surface area contributed by atoms with Gasteiger partial charge in [-0.15, -0.1) is 0 Å². The predicted octanol–water partition coefficient (Wildman–Crippen LogP) is 1.86. The van der Waals surface area contributed by atoms with Gasteiger partial charge in [-0.2, -0.15) is 5.10 Å². The summed E-state index contributed by atoms with van der Waals surface area (Å²) in [5.41, 5.74) is 1.89. The fourth-order valence-corrected chi connectivity index (χ4v) is 2.30. The Kier molecular flexibility index (Phi) is 4.09. The van der Waals surface area contributed by atoms with Gasteiger partial charge in [0.15, 0.2) is 5.82 Å². The second kappa shape index (κ2) is 6.35. The molecular weight excluding hydrogens is 299 g/mol. The van der Waals surface area contributed by atoms with Crippen LogP contribution in [-0.2, 0) is 17.6 Å². The molecular formula is C16H13FN4O2. The van der Waals surface area contributed by atoms with Crippen LogP contribution < -0.4 is 0 Å². The second-order valence-corrected chi connectivity index (χ2v) is 5.01. The van der Waals surface area contributed by atoms with E-state index in [2.05, 4.69) is 20.2 Å². The average molecular weight is 312 g/mol. The summed E-state index contributed by atoms with van der Waals surface area (Å²) in [6.45, 7) is 0. The van der Waals surface area contributed by atoms with Crippen LogP contribution >= 0.6 is 0 Å². The molecule has 0 bridgehead atoms. The summed E-state index contributed by atoms with van der Waals surface area (Å²) in [6.07, 6.45) is 3.07. The summed E-state index contributed by atoms with van der Waals surface area (Å²) in [5.74, 6) is -1.73. The van der Waals surface area contributed by atoms with Crippen molar-refractivity contribution in [1.82, 2.24) is 20.2 Å². The number of H-pyrrole nitrogens is 2. The highest BCUT2D eigenvalue weighted by atomic mass is 19.1. The summed E-state index contributed by atoms with van der Waals surface area (Å²) in [4.78, 5) is 30.6. The Morgan fingerprint density at radius 1 is 1.13 bits per heavy atom. The maximum absolute atomic E-state index is 13.7. The van der Waals surface area contributed by atoms with E-state index in [-0.39, 0.29) is 18.1 Å². The molecule has 2 heterocycles. The molecule has 6 nitrogen and oxygen atoms in total. The molecule has 0 aliphatic rings. The molecule has 0 saturated carbocycles. The van der Waals surface area contributed by atoms with E-state index in [1.807, 2.05) is 0 Å². The van der Waals surface area contributed by atoms with Crippen LogP contribution in [-0.4, -0.2) is 31.7 Å². The van der Waals surface area contributed by atoms with Crippen LogP contribution in [0.5, 0.6) is 0 Å². The average Bonchev–Trinajstić information content (AvgIpc) is 3.21. The van der Waals surface area contributed by atoms with Crippen LogP contribution in [0.15, 0.2) is 42.9 Å². The van der Waals surface area contributed by atoms with Gasteiger partial charge in [0.1, 0.15) is 12.1 Å². The van der Waals surface area contributed by atoms with E-state index < -0.39 is 11.6 Å². The Balaban J connectivity index is 1.75. The molecule has 0 spiro atoms. The highest BCUT2D eigenvalue weighted by Gasteiger charge is 2.21. The van der Waals surface area contributed by atoms with Crippen molar-refractivity contribution >= 4 is 11.6 Å². The molecule has 2 N–H and O–H groups in total. The first kappa shape index (κ1) is 14.8. The maximum atomic E-state index is 13.7. The van der Waals surface area contributed by atoms with Gasteiger partial charge in [0.2, 0.25) is 5.78 Å². The van der Waals surface area contributed by atoms with Crippen LogP contribution in [0.3, 0.4) is 0 Å². The van der Waals surface area contributed by atoms with Crippen LogP contribution in [0, 0.1) is 5.82 Å². The van der Waals surface area contributed by atoms with Gasteiger partial charge in [0.05, 0.1) is 6.42 Å². The largest absolute Gasteiger partial charge is 0.364 e. The SMILES string of the molecule is O=C(Cc1[nH]ccc1Cc1ccccc1F)C(=O)c1ncn[nH]1. The van der Waals surface area contributed by atoms with Crippen LogP contribution in [0.2, 0.25) is 0 Å². The van der Waals surface area contributed by atoms with Crippen molar-refractivity contribution in [2.24, 2.45) is 0 Å². The van der Waals surface area contributed by atoms with E-state index in [0.717, 1.165) is 5.56 Å². The third-order valence-corrected chi connectivity index (χ3v) is 3.49. The number of ketones is 2. The van der Waals surface area contributed by atoms with Gasteiger partial charge in [-0.1, -0.05) is 18.2 Å². The van der Waals surface area contributed by atoms with Crippen LogP contribution in [0.25, 0.3) is 0 Å². The number of hydrogen-bond donors (Lipinski definition) is 2. The predicted molar refractivity (Wildman–Crippen MR) is 79.4 cm³/mol. The van der Waals surface area contributed by atoms with E-state index in [1.165, 1.54) is 12.4 Å². The first-order valence-electron chi connectivity index (χ1n) is 6.96. The quantitative estimate of drug-likeness (QED) is 0.537. The molecule has 116 valence electrons. The molecule has 0 saturated heterocycles. The number of aromatic nitrogens is 4. The molecule has 0 amide bonds. The van der Waals surface area contributed by atoms with Crippen molar-refractivity contribution in [2.45, 2.75) is 12.8 Å². The van der Waals surface area contributed by atoms with Gasteiger partial charge in [-0.3, -0.25) is 14.7 Å². The number of Topliss-reactive ketones (excluding diaryl/α,β-unsaturated/α-hetero) is 2. The maximum Gasteiger partial charge on any atom is 0.265 e. The summed E-state index contributed by atoms with van der Waals surface area (Å²) in [7, 11) is 0. The number of nitrogens with one attached hydrogen (secondary N) is 2. The molecule has 3 rings (SSSR count). The zero-order valence-electron chi connectivity index (χ0n) is 12.0. The first-order valence-corrected chi connectivity index (χ1v) is 6.96. The molecule has 0 fully saturated rings. The van der Waals surface area contributed by atoms with Gasteiger partial charge < -0.3 is 4.98 Å². The molecule has 0 unspecified atom stereocenters. The van der Waals surface area contributed by atoms with Crippen molar-refractivity contribution in [3.8, 4) is 0 Å². The van der Waals surface area contributed by atoms with Gasteiger partial charge in [-0.05, 0) is 23.3 Å². The Bertz CT molecular complexity index is 839. The van der Waals surface area contributed by atoms with E-state index in [1.54, 1.807) is 30.5 Å². The lowest BCUT2D eigenvalue weighted by molar-refractivity contribution is -0.114. The fraction of sp³-hybridized carbons (Fsp3) is 0.125. The van der Waals surface area contributed by atoms with Crippen molar-refractivity contribution < 1.29 is 14.0 Å². The third-order valence-electron chi connectivity index (χ3n) is 3.49. The second-order valence-electron chi connectivity index (χ2n) is 5.01. The minimum absolute atomic E-state index is 0.0859. The van der Waals surface area contributed by atoms with Crippen molar-refractivity contribution in [3.63, 3.8) is 0 Å². The van der Waals surface area contributed by atoms with Crippen molar-refractivity contribution in [3.05, 3.63) is 71.3 Å². The number of hydrogen-bond acceptors (Lipinski definition) is 4. The van der Waals surface area contributed by atoms with Gasteiger partial charge in [0.25, 0.3) is 5.78 Å². The van der Waals surface area contributed by atoms with Gasteiger partial charge >= 0.3 is 0 Å². The Morgan fingerprint density at radius 2 is 1.96 bits per heavy atom. The Hall–Kier alpha value is -3.09.